The minimum Gasteiger partial charge on any atom is -0.360 e. The van der Waals surface area contributed by atoms with E-state index in [1.807, 2.05) is 59.2 Å². The number of rotatable bonds is 6. The van der Waals surface area contributed by atoms with Crippen LogP contribution in [0.25, 0.3) is 28.0 Å². The average Bonchev–Trinajstić information content (AvgIpc) is 3.43. The van der Waals surface area contributed by atoms with Crippen LogP contribution in [0.2, 0.25) is 0 Å². The Morgan fingerprint density at radius 2 is 1.68 bits per heavy atom. The predicted octanol–water partition coefficient (Wildman–Crippen LogP) is 5.53. The number of halogens is 1. The fraction of sp³-hybridized carbons (Fsp3) is 0.0417. The van der Waals surface area contributed by atoms with E-state index in [4.69, 9.17) is 0 Å². The molecule has 152 valence electrons. The van der Waals surface area contributed by atoms with Crippen LogP contribution in [-0.4, -0.2) is 31.3 Å². The maximum atomic E-state index is 13.5. The summed E-state index contributed by atoms with van der Waals surface area (Å²) in [4.78, 5) is 16.1. The van der Waals surface area contributed by atoms with Crippen LogP contribution < -0.4 is 0 Å². The SMILES string of the molecule is O=C(CSc1nnc(-c2ccccc2)n1-c1ccc(F)cc1)c1c[nH]c2ccccc12. The molecular weight excluding hydrogens is 411 g/mol. The summed E-state index contributed by atoms with van der Waals surface area (Å²) in [7, 11) is 0. The lowest BCUT2D eigenvalue weighted by Gasteiger charge is -2.10. The number of Topliss-reactive ketones (excluding diaryl/α,β-unsaturated/α-hetero) is 1. The van der Waals surface area contributed by atoms with E-state index in [0.29, 0.717) is 16.5 Å². The third-order valence-corrected chi connectivity index (χ3v) is 5.90. The largest absolute Gasteiger partial charge is 0.360 e. The summed E-state index contributed by atoms with van der Waals surface area (Å²) in [6.07, 6.45) is 1.74. The van der Waals surface area contributed by atoms with E-state index in [2.05, 4.69) is 15.2 Å². The van der Waals surface area contributed by atoms with Gasteiger partial charge in [0.05, 0.1) is 5.75 Å². The summed E-state index contributed by atoms with van der Waals surface area (Å²) in [5.74, 6) is 0.518. The van der Waals surface area contributed by atoms with Crippen LogP contribution in [0.3, 0.4) is 0 Å². The number of hydrogen-bond acceptors (Lipinski definition) is 4. The second-order valence-electron chi connectivity index (χ2n) is 6.94. The van der Waals surface area contributed by atoms with Gasteiger partial charge in [0.2, 0.25) is 0 Å². The molecule has 1 N–H and O–H groups in total. The van der Waals surface area contributed by atoms with Crippen molar-refractivity contribution in [2.45, 2.75) is 5.16 Å². The smallest absolute Gasteiger partial charge is 0.196 e. The second kappa shape index (κ2) is 8.20. The van der Waals surface area contributed by atoms with Crippen molar-refractivity contribution in [2.24, 2.45) is 0 Å². The summed E-state index contributed by atoms with van der Waals surface area (Å²) in [5.41, 5.74) is 3.19. The molecule has 0 saturated carbocycles. The van der Waals surface area contributed by atoms with Crippen molar-refractivity contribution in [1.82, 2.24) is 19.7 Å². The van der Waals surface area contributed by atoms with Gasteiger partial charge < -0.3 is 4.98 Å². The van der Waals surface area contributed by atoms with Gasteiger partial charge in [-0.15, -0.1) is 10.2 Å². The monoisotopic (exact) mass is 428 g/mol. The highest BCUT2D eigenvalue weighted by molar-refractivity contribution is 7.99. The summed E-state index contributed by atoms with van der Waals surface area (Å²) >= 11 is 1.31. The quantitative estimate of drug-likeness (QED) is 0.285. The number of H-pyrrole nitrogens is 1. The Kier molecular flexibility index (Phi) is 5.09. The minimum atomic E-state index is -0.318. The zero-order valence-corrected chi connectivity index (χ0v) is 17.1. The van der Waals surface area contributed by atoms with Crippen molar-refractivity contribution >= 4 is 28.4 Å². The Hall–Kier alpha value is -3.71. The molecule has 31 heavy (non-hydrogen) atoms. The number of fused-ring (bicyclic) bond motifs is 1. The van der Waals surface area contributed by atoms with E-state index in [9.17, 15) is 9.18 Å². The Morgan fingerprint density at radius 1 is 0.935 bits per heavy atom. The molecule has 0 amide bonds. The van der Waals surface area contributed by atoms with E-state index in [1.165, 1.54) is 23.9 Å². The van der Waals surface area contributed by atoms with Gasteiger partial charge in [-0.2, -0.15) is 0 Å². The number of ketones is 1. The van der Waals surface area contributed by atoms with Crippen molar-refractivity contribution in [2.75, 3.05) is 5.75 Å². The van der Waals surface area contributed by atoms with E-state index in [-0.39, 0.29) is 17.4 Å². The minimum absolute atomic E-state index is 0.00244. The molecule has 0 fully saturated rings. The van der Waals surface area contributed by atoms with Gasteiger partial charge in [0.15, 0.2) is 16.8 Å². The molecule has 0 unspecified atom stereocenters. The van der Waals surface area contributed by atoms with E-state index in [0.717, 1.165) is 22.2 Å². The maximum Gasteiger partial charge on any atom is 0.196 e. The average molecular weight is 428 g/mol. The maximum absolute atomic E-state index is 13.5. The third kappa shape index (κ3) is 3.75. The molecule has 7 heteroatoms. The van der Waals surface area contributed by atoms with Crippen LogP contribution in [0.1, 0.15) is 10.4 Å². The van der Waals surface area contributed by atoms with Gasteiger partial charge in [0.1, 0.15) is 5.82 Å². The highest BCUT2D eigenvalue weighted by atomic mass is 32.2. The molecule has 0 aliphatic heterocycles. The number of carbonyl (C=O) groups is 1. The van der Waals surface area contributed by atoms with Gasteiger partial charge in [-0.3, -0.25) is 9.36 Å². The van der Waals surface area contributed by atoms with Crippen LogP contribution >= 0.6 is 11.8 Å². The molecular formula is C24H17FN4OS. The van der Waals surface area contributed by atoms with E-state index < -0.39 is 0 Å². The number of thioether (sulfide) groups is 1. The van der Waals surface area contributed by atoms with Crippen LogP contribution in [0.15, 0.2) is 90.2 Å². The van der Waals surface area contributed by atoms with Gasteiger partial charge in [0, 0.05) is 33.9 Å². The number of aromatic amines is 1. The second-order valence-corrected chi connectivity index (χ2v) is 7.89. The number of carbonyl (C=O) groups excluding carboxylic acids is 1. The van der Waals surface area contributed by atoms with Gasteiger partial charge in [0.25, 0.3) is 0 Å². The summed E-state index contributed by atoms with van der Waals surface area (Å²) in [5, 5.41) is 10.2. The van der Waals surface area contributed by atoms with Crippen LogP contribution in [-0.2, 0) is 0 Å². The molecule has 0 aliphatic rings. The first-order valence-electron chi connectivity index (χ1n) is 9.69. The first-order chi connectivity index (χ1) is 15.2. The normalized spacial score (nSPS) is 11.1. The van der Waals surface area contributed by atoms with Crippen LogP contribution in [0.5, 0.6) is 0 Å². The standard InChI is InChI=1S/C24H17FN4OS/c25-17-10-12-18(13-11-17)29-23(16-6-2-1-3-7-16)27-28-24(29)31-15-22(30)20-14-26-21-9-5-4-8-19(20)21/h1-14,26H,15H2. The number of aromatic nitrogens is 4. The highest BCUT2D eigenvalue weighted by Gasteiger charge is 2.19. The molecule has 0 saturated heterocycles. The Bertz CT molecular complexity index is 1360. The Morgan fingerprint density at radius 3 is 2.48 bits per heavy atom. The number of nitrogens with one attached hydrogen (secondary N) is 1. The van der Waals surface area contributed by atoms with E-state index in [1.54, 1.807) is 18.3 Å². The molecule has 3 aromatic carbocycles. The summed E-state index contributed by atoms with van der Waals surface area (Å²) < 4.78 is 15.3. The van der Waals surface area contributed by atoms with Crippen molar-refractivity contribution in [3.63, 3.8) is 0 Å². The molecule has 2 aromatic heterocycles. The first-order valence-corrected chi connectivity index (χ1v) is 10.7. The molecule has 0 aliphatic carbocycles. The number of hydrogen-bond donors (Lipinski definition) is 1. The molecule has 0 bridgehead atoms. The first kappa shape index (κ1) is 19.3. The van der Waals surface area contributed by atoms with Crippen molar-refractivity contribution < 1.29 is 9.18 Å². The van der Waals surface area contributed by atoms with Crippen LogP contribution in [0.4, 0.5) is 4.39 Å². The van der Waals surface area contributed by atoms with Gasteiger partial charge >= 0.3 is 0 Å². The molecule has 0 radical (unpaired) electrons. The van der Waals surface area contributed by atoms with Gasteiger partial charge in [-0.1, -0.05) is 60.3 Å². The van der Waals surface area contributed by atoms with Crippen molar-refractivity contribution in [3.8, 4) is 17.1 Å². The fourth-order valence-corrected chi connectivity index (χ4v) is 4.31. The predicted molar refractivity (Wildman–Crippen MR) is 120 cm³/mol. The summed E-state index contributed by atoms with van der Waals surface area (Å²) in [6, 6.07) is 23.5. The topological polar surface area (TPSA) is 63.6 Å². The number of nitrogens with zero attached hydrogens (tertiary/aromatic N) is 3. The Labute approximate surface area is 182 Å². The highest BCUT2D eigenvalue weighted by Crippen LogP contribution is 2.29. The fourth-order valence-electron chi connectivity index (χ4n) is 3.47. The van der Waals surface area contributed by atoms with Crippen LogP contribution in [0, 0.1) is 5.82 Å². The molecule has 5 nitrogen and oxygen atoms in total. The summed E-state index contributed by atoms with van der Waals surface area (Å²) in [6.45, 7) is 0. The lowest BCUT2D eigenvalue weighted by Crippen LogP contribution is -2.04. The zero-order chi connectivity index (χ0) is 21.2. The van der Waals surface area contributed by atoms with Gasteiger partial charge in [-0.05, 0) is 30.3 Å². The lowest BCUT2D eigenvalue weighted by atomic mass is 10.1. The zero-order valence-electron chi connectivity index (χ0n) is 16.3. The lowest BCUT2D eigenvalue weighted by molar-refractivity contribution is 0.102. The van der Waals surface area contributed by atoms with Gasteiger partial charge in [-0.25, -0.2) is 4.39 Å². The molecule has 0 atom stereocenters. The molecule has 5 aromatic rings. The van der Waals surface area contributed by atoms with E-state index >= 15 is 0 Å². The molecule has 0 spiro atoms. The molecule has 5 rings (SSSR count). The molecule has 2 heterocycles. The third-order valence-electron chi connectivity index (χ3n) is 4.97. The van der Waals surface area contributed by atoms with Crippen molar-refractivity contribution in [1.29, 1.82) is 0 Å². The Balaban J connectivity index is 1.48. The van der Waals surface area contributed by atoms with Crippen molar-refractivity contribution in [3.05, 3.63) is 96.4 Å². The number of para-hydroxylation sites is 1. The number of benzene rings is 3.